The summed E-state index contributed by atoms with van der Waals surface area (Å²) in [6, 6.07) is 8.15. The Hall–Kier alpha value is -2.58. The van der Waals surface area contributed by atoms with Gasteiger partial charge in [-0.3, -0.25) is 0 Å². The lowest BCUT2D eigenvalue weighted by molar-refractivity contribution is 0.388. The molecular formula is C19H25N5O2S. The zero-order chi connectivity index (χ0) is 19.6. The van der Waals surface area contributed by atoms with E-state index in [1.807, 2.05) is 35.9 Å². The van der Waals surface area contributed by atoms with Crippen LogP contribution in [-0.2, 0) is 10.0 Å². The average Bonchev–Trinajstić information content (AvgIpc) is 3.04. The van der Waals surface area contributed by atoms with Gasteiger partial charge in [-0.1, -0.05) is 12.6 Å². The van der Waals surface area contributed by atoms with Crippen LogP contribution in [0.4, 0.5) is 5.69 Å². The fraction of sp³-hybridized carbons (Fsp3) is 0.316. The highest BCUT2D eigenvalue weighted by Gasteiger charge is 2.24. The summed E-state index contributed by atoms with van der Waals surface area (Å²) in [7, 11) is -3.14. The van der Waals surface area contributed by atoms with E-state index in [2.05, 4.69) is 22.5 Å². The van der Waals surface area contributed by atoms with Crippen molar-refractivity contribution in [3.05, 3.63) is 55.0 Å². The molecule has 1 aromatic carbocycles. The molecular weight excluding hydrogens is 362 g/mol. The topological polar surface area (TPSA) is 83.9 Å². The van der Waals surface area contributed by atoms with Gasteiger partial charge in [-0.25, -0.2) is 13.4 Å². The van der Waals surface area contributed by atoms with Crippen molar-refractivity contribution in [1.82, 2.24) is 8.87 Å². The largest absolute Gasteiger partial charge is 0.404 e. The maximum atomic E-state index is 11.7. The first-order chi connectivity index (χ1) is 12.8. The number of benzene rings is 1. The fourth-order valence-corrected chi connectivity index (χ4v) is 4.17. The quantitative estimate of drug-likeness (QED) is 0.642. The summed E-state index contributed by atoms with van der Waals surface area (Å²) >= 11 is 0. The number of aliphatic imine (C=N–C) groups is 1. The lowest BCUT2D eigenvalue weighted by Gasteiger charge is -2.35. The van der Waals surface area contributed by atoms with Gasteiger partial charge in [-0.2, -0.15) is 4.31 Å². The van der Waals surface area contributed by atoms with Gasteiger partial charge in [-0.05, 0) is 37.4 Å². The molecule has 7 nitrogen and oxygen atoms in total. The van der Waals surface area contributed by atoms with Gasteiger partial charge in [0.2, 0.25) is 10.0 Å². The predicted octanol–water partition coefficient (Wildman–Crippen LogP) is 1.98. The van der Waals surface area contributed by atoms with Crippen LogP contribution in [-0.4, -0.2) is 55.6 Å². The smallest absolute Gasteiger partial charge is 0.211 e. The highest BCUT2D eigenvalue weighted by atomic mass is 32.2. The second-order valence-electron chi connectivity index (χ2n) is 6.61. The summed E-state index contributed by atoms with van der Waals surface area (Å²) in [5.41, 5.74) is 8.38. The van der Waals surface area contributed by atoms with Crippen molar-refractivity contribution in [3.63, 3.8) is 0 Å². The van der Waals surface area contributed by atoms with Crippen molar-refractivity contribution in [2.24, 2.45) is 10.7 Å². The minimum atomic E-state index is -3.14. The predicted molar refractivity (Wildman–Crippen MR) is 112 cm³/mol. The van der Waals surface area contributed by atoms with Gasteiger partial charge in [0.25, 0.3) is 0 Å². The minimum Gasteiger partial charge on any atom is -0.404 e. The van der Waals surface area contributed by atoms with Gasteiger partial charge in [0.05, 0.1) is 11.8 Å². The van der Waals surface area contributed by atoms with E-state index in [0.717, 1.165) is 16.6 Å². The van der Waals surface area contributed by atoms with Crippen molar-refractivity contribution < 1.29 is 8.42 Å². The molecule has 8 heteroatoms. The summed E-state index contributed by atoms with van der Waals surface area (Å²) in [4.78, 5) is 6.69. The van der Waals surface area contributed by atoms with E-state index in [1.165, 1.54) is 16.8 Å². The standard InChI is InChI=1S/C19H25N5O2S/c1-15(2)21-19(7-9-20)24-10-8-16-17(5-4-6-18(16)24)22-11-13-23(14-12-22)27(3,25)26/h4-10H,1,11-14,20H2,2-3H3/b9-7-,21-19+. The van der Waals surface area contributed by atoms with Crippen LogP contribution in [0.2, 0.25) is 0 Å². The van der Waals surface area contributed by atoms with Gasteiger partial charge in [0, 0.05) is 49.1 Å². The van der Waals surface area contributed by atoms with E-state index in [4.69, 9.17) is 5.73 Å². The second kappa shape index (κ2) is 7.58. The van der Waals surface area contributed by atoms with Gasteiger partial charge in [0.1, 0.15) is 5.84 Å². The molecule has 0 saturated carbocycles. The molecule has 1 saturated heterocycles. The summed E-state index contributed by atoms with van der Waals surface area (Å²) in [6.07, 6.45) is 6.42. The molecule has 0 radical (unpaired) electrons. The van der Waals surface area contributed by atoms with E-state index >= 15 is 0 Å². The molecule has 2 N–H and O–H groups in total. The third-order valence-corrected chi connectivity index (χ3v) is 5.86. The van der Waals surface area contributed by atoms with Crippen LogP contribution < -0.4 is 10.6 Å². The molecule has 1 aliphatic rings. The lowest BCUT2D eigenvalue weighted by Crippen LogP contribution is -2.48. The van der Waals surface area contributed by atoms with Gasteiger partial charge >= 0.3 is 0 Å². The number of sulfonamides is 1. The van der Waals surface area contributed by atoms with Crippen LogP contribution in [0.15, 0.2) is 60.0 Å². The summed E-state index contributed by atoms with van der Waals surface area (Å²) in [5, 5.41) is 1.09. The second-order valence-corrected chi connectivity index (χ2v) is 8.59. The Balaban J connectivity index is 1.96. The summed E-state index contributed by atoms with van der Waals surface area (Å²) < 4.78 is 27.0. The van der Waals surface area contributed by atoms with Gasteiger partial charge in [0.15, 0.2) is 0 Å². The molecule has 0 amide bonds. The molecule has 2 aromatic rings. The van der Waals surface area contributed by atoms with Crippen LogP contribution in [0.5, 0.6) is 0 Å². The Morgan fingerprint density at radius 1 is 1.22 bits per heavy atom. The number of fused-ring (bicyclic) bond motifs is 1. The van der Waals surface area contributed by atoms with Gasteiger partial charge in [-0.15, -0.1) is 0 Å². The normalized spacial score (nSPS) is 17.1. The maximum Gasteiger partial charge on any atom is 0.211 e. The zero-order valence-corrected chi connectivity index (χ0v) is 16.5. The maximum absolute atomic E-state index is 11.7. The third-order valence-electron chi connectivity index (χ3n) is 4.56. The van der Waals surface area contributed by atoms with E-state index in [9.17, 15) is 8.42 Å². The molecule has 0 atom stereocenters. The summed E-state index contributed by atoms with van der Waals surface area (Å²) in [5.74, 6) is 0.694. The highest BCUT2D eigenvalue weighted by Crippen LogP contribution is 2.29. The molecule has 1 fully saturated rings. The van der Waals surface area contributed by atoms with E-state index < -0.39 is 10.0 Å². The van der Waals surface area contributed by atoms with E-state index in [0.29, 0.717) is 37.7 Å². The number of nitrogens with two attached hydrogens (primary N) is 1. The third kappa shape index (κ3) is 4.06. The van der Waals surface area contributed by atoms with Crippen LogP contribution >= 0.6 is 0 Å². The van der Waals surface area contributed by atoms with Gasteiger partial charge < -0.3 is 15.2 Å². The number of allylic oxidation sites excluding steroid dienone is 2. The van der Waals surface area contributed by atoms with Crippen LogP contribution in [0.1, 0.15) is 6.92 Å². The van der Waals surface area contributed by atoms with Crippen LogP contribution in [0.25, 0.3) is 10.9 Å². The molecule has 1 aromatic heterocycles. The number of aromatic nitrogens is 1. The Morgan fingerprint density at radius 3 is 2.52 bits per heavy atom. The highest BCUT2D eigenvalue weighted by molar-refractivity contribution is 7.88. The fourth-order valence-electron chi connectivity index (χ4n) is 3.34. The number of anilines is 1. The van der Waals surface area contributed by atoms with Crippen molar-refractivity contribution in [3.8, 4) is 0 Å². The lowest BCUT2D eigenvalue weighted by atomic mass is 10.2. The molecule has 2 heterocycles. The van der Waals surface area contributed by atoms with Crippen molar-refractivity contribution >= 4 is 32.4 Å². The summed E-state index contributed by atoms with van der Waals surface area (Å²) in [6.45, 7) is 7.99. The molecule has 0 bridgehead atoms. The van der Waals surface area contributed by atoms with Crippen LogP contribution in [0.3, 0.4) is 0 Å². The molecule has 27 heavy (non-hydrogen) atoms. The Labute approximate surface area is 160 Å². The first-order valence-corrected chi connectivity index (χ1v) is 10.6. The molecule has 0 unspecified atom stereocenters. The monoisotopic (exact) mass is 387 g/mol. The van der Waals surface area contributed by atoms with Crippen LogP contribution in [0, 0.1) is 0 Å². The number of hydrogen-bond acceptors (Lipinski definition) is 5. The van der Waals surface area contributed by atoms with E-state index in [-0.39, 0.29) is 0 Å². The van der Waals surface area contributed by atoms with E-state index in [1.54, 1.807) is 6.08 Å². The SMILES string of the molecule is C=C(C)/N=C(\C=C/N)n1ccc2c(N3CCN(S(C)(=O)=O)CC3)cccc21. The number of nitrogens with zero attached hydrogens (tertiary/aromatic N) is 4. The molecule has 1 aliphatic heterocycles. The van der Waals surface area contributed by atoms with Crippen molar-refractivity contribution in [1.29, 1.82) is 0 Å². The zero-order valence-electron chi connectivity index (χ0n) is 15.7. The number of piperazine rings is 1. The number of rotatable bonds is 4. The van der Waals surface area contributed by atoms with Crippen molar-refractivity contribution in [2.75, 3.05) is 37.3 Å². The molecule has 3 rings (SSSR count). The number of hydrogen-bond donors (Lipinski definition) is 1. The molecule has 0 spiro atoms. The Bertz CT molecular complexity index is 1010. The van der Waals surface area contributed by atoms with Crippen molar-refractivity contribution in [2.45, 2.75) is 6.92 Å². The Kier molecular flexibility index (Phi) is 5.38. The first kappa shape index (κ1) is 19.2. The molecule has 144 valence electrons. The average molecular weight is 388 g/mol. The Morgan fingerprint density at radius 2 is 1.93 bits per heavy atom. The minimum absolute atomic E-state index is 0.494. The first-order valence-electron chi connectivity index (χ1n) is 8.74. The molecule has 0 aliphatic carbocycles.